The second kappa shape index (κ2) is 11.3. The molecule has 1 atom stereocenters. The summed E-state index contributed by atoms with van der Waals surface area (Å²) in [5.74, 6) is 0.157. The van der Waals surface area contributed by atoms with Crippen LogP contribution >= 0.6 is 0 Å². The number of para-hydroxylation sites is 2. The van der Waals surface area contributed by atoms with Crippen molar-refractivity contribution in [1.82, 2.24) is 15.1 Å². The highest BCUT2D eigenvalue weighted by atomic mass is 16.5. The Morgan fingerprint density at radius 2 is 1.53 bits per heavy atom. The molecule has 0 saturated carbocycles. The van der Waals surface area contributed by atoms with Crippen molar-refractivity contribution in [3.63, 3.8) is 0 Å². The lowest BCUT2D eigenvalue weighted by atomic mass is 9.78. The number of anilines is 1. The zero-order valence-electron chi connectivity index (χ0n) is 20.9. The molecule has 4 amide bonds. The molecule has 2 saturated heterocycles. The number of piperidine rings is 1. The van der Waals surface area contributed by atoms with Crippen LogP contribution < -0.4 is 15.4 Å². The van der Waals surface area contributed by atoms with Gasteiger partial charge in [-0.15, -0.1) is 0 Å². The molecule has 2 aliphatic heterocycles. The summed E-state index contributed by atoms with van der Waals surface area (Å²) < 4.78 is 10.2. The molecule has 0 aromatic heterocycles. The first kappa shape index (κ1) is 25.3. The van der Waals surface area contributed by atoms with Crippen molar-refractivity contribution >= 4 is 23.7 Å². The second-order valence-corrected chi connectivity index (χ2v) is 9.50. The van der Waals surface area contributed by atoms with Crippen LogP contribution in [0.4, 0.5) is 15.3 Å². The number of hydrogen-bond donors (Lipinski definition) is 2. The maximum Gasteiger partial charge on any atom is 0.328 e. The van der Waals surface area contributed by atoms with E-state index in [1.165, 1.54) is 7.11 Å². The summed E-state index contributed by atoms with van der Waals surface area (Å²) in [4.78, 5) is 41.8. The first-order valence-corrected chi connectivity index (χ1v) is 12.3. The van der Waals surface area contributed by atoms with E-state index in [1.54, 1.807) is 12.0 Å². The molecule has 0 radical (unpaired) electrons. The molecule has 192 valence electrons. The van der Waals surface area contributed by atoms with Crippen molar-refractivity contribution in [3.8, 4) is 5.75 Å². The van der Waals surface area contributed by atoms with E-state index in [0.717, 1.165) is 24.8 Å². The fraction of sp³-hybridized carbons (Fsp3) is 0.444. The number of urea groups is 2. The van der Waals surface area contributed by atoms with Gasteiger partial charge in [0.2, 0.25) is 0 Å². The standard InChI is InChI=1S/C27H34N4O5/c1-35-23-11-7-6-10-21(23)28-25(33)30-15-12-27(13-16-30)14-17-31(19-27)26(34)29-22(24(32)36-2)18-20-8-4-3-5-9-20/h3-11,22H,12-19H2,1-2H3,(H,28,33)(H,29,34). The molecule has 2 fully saturated rings. The van der Waals surface area contributed by atoms with Crippen LogP contribution in [0.15, 0.2) is 54.6 Å². The van der Waals surface area contributed by atoms with Crippen molar-refractivity contribution in [3.05, 3.63) is 60.2 Å². The summed E-state index contributed by atoms with van der Waals surface area (Å²) >= 11 is 0. The van der Waals surface area contributed by atoms with Crippen LogP contribution in [0.5, 0.6) is 5.75 Å². The number of carbonyl (C=O) groups excluding carboxylic acids is 3. The van der Waals surface area contributed by atoms with Crippen LogP contribution in [-0.4, -0.2) is 74.3 Å². The first-order chi connectivity index (χ1) is 17.4. The maximum absolute atomic E-state index is 13.0. The third-order valence-electron chi connectivity index (χ3n) is 7.25. The van der Waals surface area contributed by atoms with Crippen LogP contribution in [0.25, 0.3) is 0 Å². The fourth-order valence-corrected chi connectivity index (χ4v) is 5.07. The second-order valence-electron chi connectivity index (χ2n) is 9.50. The van der Waals surface area contributed by atoms with Gasteiger partial charge in [-0.05, 0) is 42.4 Å². The lowest BCUT2D eigenvalue weighted by molar-refractivity contribution is -0.142. The van der Waals surface area contributed by atoms with Crippen molar-refractivity contribution in [2.24, 2.45) is 5.41 Å². The minimum atomic E-state index is -0.748. The van der Waals surface area contributed by atoms with E-state index >= 15 is 0 Å². The summed E-state index contributed by atoms with van der Waals surface area (Å²) in [6, 6.07) is 15.7. The average molecular weight is 495 g/mol. The van der Waals surface area contributed by atoms with Crippen LogP contribution in [0.1, 0.15) is 24.8 Å². The highest BCUT2D eigenvalue weighted by molar-refractivity contribution is 5.91. The number of nitrogens with one attached hydrogen (secondary N) is 2. The van der Waals surface area contributed by atoms with Gasteiger partial charge in [0.1, 0.15) is 11.8 Å². The normalized spacial score (nSPS) is 17.4. The predicted molar refractivity (Wildman–Crippen MR) is 136 cm³/mol. The Bertz CT molecular complexity index is 1070. The molecule has 9 heteroatoms. The molecular formula is C27H34N4O5. The predicted octanol–water partition coefficient (Wildman–Crippen LogP) is 3.51. The zero-order chi connectivity index (χ0) is 25.5. The quantitative estimate of drug-likeness (QED) is 0.599. The smallest absolute Gasteiger partial charge is 0.328 e. The zero-order valence-corrected chi connectivity index (χ0v) is 20.9. The first-order valence-electron chi connectivity index (χ1n) is 12.3. The topological polar surface area (TPSA) is 100 Å². The number of ether oxygens (including phenoxy) is 2. The lowest BCUT2D eigenvalue weighted by Gasteiger charge is -2.39. The van der Waals surface area contributed by atoms with Gasteiger partial charge in [0, 0.05) is 32.6 Å². The largest absolute Gasteiger partial charge is 0.495 e. The van der Waals surface area contributed by atoms with Crippen LogP contribution in [0, 0.1) is 5.41 Å². The summed E-state index contributed by atoms with van der Waals surface area (Å²) in [6.07, 6.45) is 2.89. The van der Waals surface area contributed by atoms with Gasteiger partial charge in [0.05, 0.1) is 19.9 Å². The Morgan fingerprint density at radius 1 is 0.889 bits per heavy atom. The fourth-order valence-electron chi connectivity index (χ4n) is 5.07. The Hall–Kier alpha value is -3.75. The van der Waals surface area contributed by atoms with E-state index < -0.39 is 12.0 Å². The molecule has 2 N–H and O–H groups in total. The number of methoxy groups -OCH3 is 2. The number of rotatable bonds is 6. The Balaban J connectivity index is 1.30. The van der Waals surface area contributed by atoms with Crippen molar-refractivity contribution in [1.29, 1.82) is 0 Å². The molecule has 9 nitrogen and oxygen atoms in total. The van der Waals surface area contributed by atoms with Crippen molar-refractivity contribution in [2.45, 2.75) is 31.7 Å². The Kier molecular flexibility index (Phi) is 7.97. The highest BCUT2D eigenvalue weighted by Crippen LogP contribution is 2.40. The molecule has 2 aliphatic rings. The molecule has 2 heterocycles. The Labute approximate surface area is 211 Å². The van der Waals surface area contributed by atoms with Crippen molar-refractivity contribution in [2.75, 3.05) is 45.7 Å². The lowest BCUT2D eigenvalue weighted by Crippen LogP contribution is -2.50. The third kappa shape index (κ3) is 5.90. The minimum Gasteiger partial charge on any atom is -0.495 e. The van der Waals surface area contributed by atoms with Gasteiger partial charge in [-0.3, -0.25) is 0 Å². The summed E-state index contributed by atoms with van der Waals surface area (Å²) in [5.41, 5.74) is 1.58. The van der Waals surface area contributed by atoms with E-state index in [9.17, 15) is 14.4 Å². The van der Waals surface area contributed by atoms with E-state index in [1.807, 2.05) is 59.5 Å². The van der Waals surface area contributed by atoms with Gasteiger partial charge in [0.15, 0.2) is 0 Å². The number of nitrogens with zero attached hydrogens (tertiary/aromatic N) is 2. The number of carbonyl (C=O) groups is 3. The van der Waals surface area contributed by atoms with Crippen LogP contribution in [0.3, 0.4) is 0 Å². The van der Waals surface area contributed by atoms with Gasteiger partial charge < -0.3 is 29.9 Å². The van der Waals surface area contributed by atoms with Crippen molar-refractivity contribution < 1.29 is 23.9 Å². The molecule has 2 aromatic rings. The van der Waals surface area contributed by atoms with Gasteiger partial charge >= 0.3 is 18.0 Å². The van der Waals surface area contributed by atoms with Gasteiger partial charge in [0.25, 0.3) is 0 Å². The Morgan fingerprint density at radius 3 is 2.19 bits per heavy atom. The molecule has 1 spiro atoms. The van der Waals surface area contributed by atoms with E-state index in [-0.39, 0.29) is 17.5 Å². The monoisotopic (exact) mass is 494 g/mol. The number of esters is 1. The SMILES string of the molecule is COC(=O)C(Cc1ccccc1)NC(=O)N1CCC2(CCN(C(=O)Nc3ccccc3OC)CC2)C1. The van der Waals surface area contributed by atoms with E-state index in [0.29, 0.717) is 44.0 Å². The number of benzene rings is 2. The summed E-state index contributed by atoms with van der Waals surface area (Å²) in [5, 5.41) is 5.81. The van der Waals surface area contributed by atoms with Gasteiger partial charge in [-0.1, -0.05) is 42.5 Å². The number of hydrogen-bond acceptors (Lipinski definition) is 5. The van der Waals surface area contributed by atoms with Crippen LogP contribution in [0.2, 0.25) is 0 Å². The number of amides is 4. The molecule has 36 heavy (non-hydrogen) atoms. The van der Waals surface area contributed by atoms with Gasteiger partial charge in [-0.2, -0.15) is 0 Å². The average Bonchev–Trinajstić information content (AvgIpc) is 3.32. The number of likely N-dealkylation sites (tertiary alicyclic amines) is 2. The van der Waals surface area contributed by atoms with Gasteiger partial charge in [-0.25, -0.2) is 14.4 Å². The van der Waals surface area contributed by atoms with Crippen LogP contribution in [-0.2, 0) is 16.0 Å². The molecular weight excluding hydrogens is 460 g/mol. The molecule has 4 rings (SSSR count). The molecule has 0 bridgehead atoms. The maximum atomic E-state index is 13.0. The minimum absolute atomic E-state index is 0.0151. The summed E-state index contributed by atoms with van der Waals surface area (Å²) in [7, 11) is 2.90. The summed E-state index contributed by atoms with van der Waals surface area (Å²) in [6.45, 7) is 2.48. The molecule has 1 unspecified atom stereocenters. The molecule has 0 aliphatic carbocycles. The molecule has 2 aromatic carbocycles. The third-order valence-corrected chi connectivity index (χ3v) is 7.25. The van der Waals surface area contributed by atoms with E-state index in [4.69, 9.17) is 9.47 Å². The highest BCUT2D eigenvalue weighted by Gasteiger charge is 2.43. The van der Waals surface area contributed by atoms with E-state index in [2.05, 4.69) is 10.6 Å².